The van der Waals surface area contributed by atoms with Crippen LogP contribution in [-0.2, 0) is 11.2 Å². The Morgan fingerprint density at radius 3 is 2.68 bits per heavy atom. The average molecular weight is 315 g/mol. The molecule has 5 heteroatoms. The molecule has 2 aromatic carbocycles. The Kier molecular flexibility index (Phi) is 3.86. The largest absolute Gasteiger partial charge is 0.346 e. The summed E-state index contributed by atoms with van der Waals surface area (Å²) in [4.78, 5) is 23.7. The zero-order chi connectivity index (χ0) is 15.7. The molecule has 0 aliphatic carbocycles. The van der Waals surface area contributed by atoms with Crippen molar-refractivity contribution in [2.24, 2.45) is 0 Å². The molecular formula is C17H15ClN2O2. The van der Waals surface area contributed by atoms with E-state index in [1.807, 2.05) is 19.1 Å². The second-order valence-electron chi connectivity index (χ2n) is 5.34. The summed E-state index contributed by atoms with van der Waals surface area (Å²) in [5, 5.41) is 6.36. The van der Waals surface area contributed by atoms with Crippen molar-refractivity contribution < 1.29 is 9.59 Å². The highest BCUT2D eigenvalue weighted by Crippen LogP contribution is 2.24. The molecule has 1 atom stereocenters. The lowest BCUT2D eigenvalue weighted by Crippen LogP contribution is -2.26. The first-order valence-electron chi connectivity index (χ1n) is 7.02. The number of benzene rings is 2. The fourth-order valence-electron chi connectivity index (χ4n) is 2.49. The molecule has 0 fully saturated rings. The minimum Gasteiger partial charge on any atom is -0.346 e. The van der Waals surface area contributed by atoms with Crippen LogP contribution in [-0.4, -0.2) is 11.8 Å². The van der Waals surface area contributed by atoms with Gasteiger partial charge in [0, 0.05) is 16.3 Å². The summed E-state index contributed by atoms with van der Waals surface area (Å²) < 4.78 is 0. The van der Waals surface area contributed by atoms with Gasteiger partial charge in [0.25, 0.3) is 5.91 Å². The number of fused-ring (bicyclic) bond motifs is 1. The number of amides is 2. The number of hydrogen-bond donors (Lipinski definition) is 2. The first-order valence-corrected chi connectivity index (χ1v) is 7.40. The van der Waals surface area contributed by atoms with E-state index in [1.54, 1.807) is 30.3 Å². The van der Waals surface area contributed by atoms with Crippen molar-refractivity contribution in [1.82, 2.24) is 5.32 Å². The second-order valence-corrected chi connectivity index (χ2v) is 5.78. The van der Waals surface area contributed by atoms with E-state index in [0.29, 0.717) is 17.0 Å². The number of nitrogens with one attached hydrogen (secondary N) is 2. The van der Waals surface area contributed by atoms with Gasteiger partial charge in [0.2, 0.25) is 5.91 Å². The number of rotatable bonds is 3. The van der Waals surface area contributed by atoms with Crippen LogP contribution in [0.1, 0.15) is 34.5 Å². The molecule has 0 saturated heterocycles. The fraction of sp³-hybridized carbons (Fsp3) is 0.176. The summed E-state index contributed by atoms with van der Waals surface area (Å²) in [6.07, 6.45) is 0.323. The van der Waals surface area contributed by atoms with Crippen molar-refractivity contribution in [2.75, 3.05) is 5.32 Å². The quantitative estimate of drug-likeness (QED) is 0.913. The van der Waals surface area contributed by atoms with E-state index in [1.165, 1.54) is 0 Å². The molecule has 22 heavy (non-hydrogen) atoms. The first-order chi connectivity index (χ1) is 10.5. The van der Waals surface area contributed by atoms with E-state index in [-0.39, 0.29) is 17.9 Å². The van der Waals surface area contributed by atoms with Gasteiger partial charge in [0.1, 0.15) is 0 Å². The number of halogens is 1. The van der Waals surface area contributed by atoms with Gasteiger partial charge in [-0.15, -0.1) is 0 Å². The second kappa shape index (κ2) is 5.81. The summed E-state index contributed by atoms with van der Waals surface area (Å²) in [6, 6.07) is 12.5. The monoisotopic (exact) mass is 314 g/mol. The Labute approximate surface area is 133 Å². The van der Waals surface area contributed by atoms with Gasteiger partial charge in [-0.1, -0.05) is 23.7 Å². The fourth-order valence-corrected chi connectivity index (χ4v) is 2.61. The van der Waals surface area contributed by atoms with E-state index in [2.05, 4.69) is 10.6 Å². The van der Waals surface area contributed by atoms with Crippen LogP contribution in [0, 0.1) is 0 Å². The van der Waals surface area contributed by atoms with Crippen molar-refractivity contribution in [3.63, 3.8) is 0 Å². The van der Waals surface area contributed by atoms with Crippen LogP contribution >= 0.6 is 11.6 Å². The molecule has 0 bridgehead atoms. The summed E-state index contributed by atoms with van der Waals surface area (Å²) in [7, 11) is 0. The normalized spacial score (nSPS) is 14.2. The standard InChI is InChI=1S/C17H15ClN2O2/c1-10(11-2-5-14(18)6-3-11)19-17(22)12-4-7-15-13(8-12)9-16(21)20-15/h2-8,10H,9H2,1H3,(H,19,22)(H,20,21). The van der Waals surface area contributed by atoms with Crippen LogP contribution in [0.5, 0.6) is 0 Å². The number of carbonyl (C=O) groups excluding carboxylic acids is 2. The highest BCUT2D eigenvalue weighted by atomic mass is 35.5. The summed E-state index contributed by atoms with van der Waals surface area (Å²) in [5.41, 5.74) is 3.18. The molecular weight excluding hydrogens is 300 g/mol. The molecule has 1 aliphatic heterocycles. The maximum absolute atomic E-state index is 12.3. The Morgan fingerprint density at radius 2 is 1.95 bits per heavy atom. The van der Waals surface area contributed by atoms with Crippen molar-refractivity contribution >= 4 is 29.1 Å². The molecule has 0 spiro atoms. The van der Waals surface area contributed by atoms with Crippen molar-refractivity contribution in [1.29, 1.82) is 0 Å². The third kappa shape index (κ3) is 2.97. The molecule has 1 unspecified atom stereocenters. The van der Waals surface area contributed by atoms with E-state index >= 15 is 0 Å². The molecule has 0 aromatic heterocycles. The Balaban J connectivity index is 1.73. The van der Waals surface area contributed by atoms with Gasteiger partial charge in [0.05, 0.1) is 12.5 Å². The maximum atomic E-state index is 12.3. The van der Waals surface area contributed by atoms with Crippen molar-refractivity contribution in [3.05, 3.63) is 64.2 Å². The predicted octanol–water partition coefficient (Wildman–Crippen LogP) is 3.33. The lowest BCUT2D eigenvalue weighted by atomic mass is 10.1. The molecule has 2 amide bonds. The maximum Gasteiger partial charge on any atom is 0.251 e. The van der Waals surface area contributed by atoms with Crippen LogP contribution in [0.4, 0.5) is 5.69 Å². The number of hydrogen-bond acceptors (Lipinski definition) is 2. The molecule has 0 saturated carbocycles. The smallest absolute Gasteiger partial charge is 0.251 e. The van der Waals surface area contributed by atoms with Crippen LogP contribution in [0.15, 0.2) is 42.5 Å². The molecule has 1 heterocycles. The van der Waals surface area contributed by atoms with Crippen LogP contribution in [0.2, 0.25) is 5.02 Å². The van der Waals surface area contributed by atoms with E-state index in [9.17, 15) is 9.59 Å². The van der Waals surface area contributed by atoms with Gasteiger partial charge in [-0.3, -0.25) is 9.59 Å². The highest BCUT2D eigenvalue weighted by molar-refractivity contribution is 6.30. The van der Waals surface area contributed by atoms with Gasteiger partial charge < -0.3 is 10.6 Å². The third-order valence-electron chi connectivity index (χ3n) is 3.71. The summed E-state index contributed by atoms with van der Waals surface area (Å²) >= 11 is 5.86. The van der Waals surface area contributed by atoms with Crippen LogP contribution in [0.3, 0.4) is 0 Å². The van der Waals surface area contributed by atoms with Crippen LogP contribution < -0.4 is 10.6 Å². The van der Waals surface area contributed by atoms with Crippen LogP contribution in [0.25, 0.3) is 0 Å². The molecule has 4 nitrogen and oxygen atoms in total. The van der Waals surface area contributed by atoms with Gasteiger partial charge >= 0.3 is 0 Å². The molecule has 2 N–H and O–H groups in total. The zero-order valence-electron chi connectivity index (χ0n) is 12.0. The first kappa shape index (κ1) is 14.6. The van der Waals surface area contributed by atoms with E-state index in [0.717, 1.165) is 16.8 Å². The topological polar surface area (TPSA) is 58.2 Å². The molecule has 112 valence electrons. The molecule has 1 aliphatic rings. The van der Waals surface area contributed by atoms with Gasteiger partial charge in [0.15, 0.2) is 0 Å². The summed E-state index contributed by atoms with van der Waals surface area (Å²) in [5.74, 6) is -0.202. The Morgan fingerprint density at radius 1 is 1.23 bits per heavy atom. The zero-order valence-corrected chi connectivity index (χ0v) is 12.8. The third-order valence-corrected chi connectivity index (χ3v) is 3.96. The van der Waals surface area contributed by atoms with E-state index in [4.69, 9.17) is 11.6 Å². The van der Waals surface area contributed by atoms with Gasteiger partial charge in [-0.25, -0.2) is 0 Å². The minimum absolute atomic E-state index is 0.0397. The SMILES string of the molecule is CC(NC(=O)c1ccc2c(c1)CC(=O)N2)c1ccc(Cl)cc1. The van der Waals surface area contributed by atoms with Crippen molar-refractivity contribution in [3.8, 4) is 0 Å². The number of carbonyl (C=O) groups is 2. The minimum atomic E-state index is -0.162. The van der Waals surface area contributed by atoms with E-state index < -0.39 is 0 Å². The lowest BCUT2D eigenvalue weighted by molar-refractivity contribution is -0.115. The summed E-state index contributed by atoms with van der Waals surface area (Å²) in [6.45, 7) is 1.92. The number of anilines is 1. The Bertz CT molecular complexity index is 741. The average Bonchev–Trinajstić information content (AvgIpc) is 2.86. The Hall–Kier alpha value is -2.33. The lowest BCUT2D eigenvalue weighted by Gasteiger charge is -2.15. The molecule has 3 rings (SSSR count). The molecule has 0 radical (unpaired) electrons. The van der Waals surface area contributed by atoms with Crippen molar-refractivity contribution in [2.45, 2.75) is 19.4 Å². The molecule has 2 aromatic rings. The van der Waals surface area contributed by atoms with Gasteiger partial charge in [-0.2, -0.15) is 0 Å². The predicted molar refractivity (Wildman–Crippen MR) is 86.1 cm³/mol. The van der Waals surface area contributed by atoms with Gasteiger partial charge in [-0.05, 0) is 48.4 Å². The highest BCUT2D eigenvalue weighted by Gasteiger charge is 2.19.